The number of fused-ring (bicyclic) bond motifs is 1. The van der Waals surface area contributed by atoms with Crippen LogP contribution < -0.4 is 0 Å². The molecular formula is C9H10N2OS2. The van der Waals surface area contributed by atoms with Crippen LogP contribution in [0.25, 0.3) is 11.0 Å². The van der Waals surface area contributed by atoms with Gasteiger partial charge in [-0.25, -0.2) is 4.63 Å². The third kappa shape index (κ3) is 1.50. The minimum atomic E-state index is 0.420. The molecule has 0 spiro atoms. The number of benzene rings is 1. The SMILES string of the molecule is CC(C)c1ccc(SS)c2nonc12. The van der Waals surface area contributed by atoms with Crippen molar-refractivity contribution < 1.29 is 4.63 Å². The molecule has 0 atom stereocenters. The van der Waals surface area contributed by atoms with E-state index in [4.69, 9.17) is 4.63 Å². The fourth-order valence-electron chi connectivity index (χ4n) is 1.40. The molecule has 0 radical (unpaired) electrons. The summed E-state index contributed by atoms with van der Waals surface area (Å²) in [6.07, 6.45) is 0. The van der Waals surface area contributed by atoms with Gasteiger partial charge in [-0.3, -0.25) is 0 Å². The van der Waals surface area contributed by atoms with Crippen molar-refractivity contribution >= 4 is 33.5 Å². The standard InChI is InChI=1S/C9H10N2OS2/c1-5(2)6-3-4-7(14-13)9-8(6)10-12-11-9/h3-5,13H,1-2H3. The predicted octanol–water partition coefficient (Wildman–Crippen LogP) is 3.28. The average molecular weight is 226 g/mol. The number of aromatic nitrogens is 2. The summed E-state index contributed by atoms with van der Waals surface area (Å²) in [5.41, 5.74) is 2.81. The van der Waals surface area contributed by atoms with E-state index >= 15 is 0 Å². The highest BCUT2D eigenvalue weighted by atomic mass is 33.1. The Morgan fingerprint density at radius 2 is 2.00 bits per heavy atom. The summed E-state index contributed by atoms with van der Waals surface area (Å²) in [6.45, 7) is 4.24. The smallest absolute Gasteiger partial charge is 0.149 e. The van der Waals surface area contributed by atoms with E-state index in [0.29, 0.717) is 5.92 Å². The molecule has 1 heterocycles. The van der Waals surface area contributed by atoms with E-state index in [9.17, 15) is 0 Å². The van der Waals surface area contributed by atoms with Crippen LogP contribution in [0.4, 0.5) is 0 Å². The zero-order valence-corrected chi connectivity index (χ0v) is 9.60. The van der Waals surface area contributed by atoms with Gasteiger partial charge in [0.05, 0.1) is 0 Å². The van der Waals surface area contributed by atoms with Crippen molar-refractivity contribution in [1.82, 2.24) is 10.3 Å². The maximum Gasteiger partial charge on any atom is 0.149 e. The summed E-state index contributed by atoms with van der Waals surface area (Å²) < 4.78 is 4.75. The molecule has 2 rings (SSSR count). The zero-order valence-electron chi connectivity index (χ0n) is 7.89. The van der Waals surface area contributed by atoms with Gasteiger partial charge in [0.15, 0.2) is 0 Å². The number of hydrogen-bond acceptors (Lipinski definition) is 5. The normalized spacial score (nSPS) is 11.4. The second-order valence-corrected chi connectivity index (χ2v) is 4.53. The van der Waals surface area contributed by atoms with Crippen LogP contribution >= 0.6 is 22.5 Å². The second-order valence-electron chi connectivity index (χ2n) is 3.36. The van der Waals surface area contributed by atoms with E-state index in [0.717, 1.165) is 21.5 Å². The third-order valence-corrected chi connectivity index (χ3v) is 3.25. The predicted molar refractivity (Wildman–Crippen MR) is 60.7 cm³/mol. The Morgan fingerprint density at radius 1 is 1.29 bits per heavy atom. The van der Waals surface area contributed by atoms with E-state index in [2.05, 4.69) is 41.9 Å². The van der Waals surface area contributed by atoms with Gasteiger partial charge in [0.25, 0.3) is 0 Å². The van der Waals surface area contributed by atoms with Crippen LogP contribution in [-0.2, 0) is 0 Å². The van der Waals surface area contributed by atoms with Crippen molar-refractivity contribution in [3.05, 3.63) is 17.7 Å². The van der Waals surface area contributed by atoms with Crippen molar-refractivity contribution in [3.8, 4) is 0 Å². The molecule has 14 heavy (non-hydrogen) atoms. The summed E-state index contributed by atoms with van der Waals surface area (Å²) >= 11 is 4.15. The van der Waals surface area contributed by atoms with E-state index in [1.165, 1.54) is 10.8 Å². The van der Waals surface area contributed by atoms with Crippen molar-refractivity contribution in [1.29, 1.82) is 0 Å². The first-order chi connectivity index (χ1) is 6.74. The van der Waals surface area contributed by atoms with Gasteiger partial charge >= 0.3 is 0 Å². The summed E-state index contributed by atoms with van der Waals surface area (Å²) in [4.78, 5) is 0.981. The Bertz CT molecular complexity index is 453. The van der Waals surface area contributed by atoms with Crippen LogP contribution in [0.15, 0.2) is 21.7 Å². The minimum absolute atomic E-state index is 0.420. The number of hydrogen-bond donors (Lipinski definition) is 1. The van der Waals surface area contributed by atoms with Crippen molar-refractivity contribution in [3.63, 3.8) is 0 Å². The van der Waals surface area contributed by atoms with E-state index < -0.39 is 0 Å². The highest BCUT2D eigenvalue weighted by Gasteiger charge is 2.13. The lowest BCUT2D eigenvalue weighted by Gasteiger charge is -2.05. The lowest BCUT2D eigenvalue weighted by molar-refractivity contribution is 0.315. The maximum atomic E-state index is 4.75. The molecular weight excluding hydrogens is 216 g/mol. The molecule has 0 aliphatic carbocycles. The summed E-state index contributed by atoms with van der Waals surface area (Å²) in [7, 11) is 1.36. The monoisotopic (exact) mass is 226 g/mol. The molecule has 0 N–H and O–H groups in total. The quantitative estimate of drug-likeness (QED) is 0.630. The maximum absolute atomic E-state index is 4.75. The lowest BCUT2D eigenvalue weighted by Crippen LogP contribution is -1.89. The molecule has 0 aliphatic rings. The molecule has 2 aromatic rings. The molecule has 3 nitrogen and oxygen atoms in total. The lowest BCUT2D eigenvalue weighted by atomic mass is 10.0. The van der Waals surface area contributed by atoms with Crippen LogP contribution in [0.1, 0.15) is 25.3 Å². The molecule has 1 aromatic carbocycles. The molecule has 0 saturated carbocycles. The highest BCUT2D eigenvalue weighted by Crippen LogP contribution is 2.32. The molecule has 5 heteroatoms. The van der Waals surface area contributed by atoms with Crippen molar-refractivity contribution in [2.45, 2.75) is 24.7 Å². The Balaban J connectivity index is 2.72. The van der Waals surface area contributed by atoms with Crippen LogP contribution in [0.3, 0.4) is 0 Å². The zero-order chi connectivity index (χ0) is 10.1. The Hall–Kier alpha value is -0.680. The first-order valence-electron chi connectivity index (χ1n) is 4.30. The van der Waals surface area contributed by atoms with Crippen LogP contribution in [0, 0.1) is 0 Å². The van der Waals surface area contributed by atoms with E-state index in [1.807, 2.05) is 6.07 Å². The van der Waals surface area contributed by atoms with Crippen LogP contribution in [-0.4, -0.2) is 10.3 Å². The Labute approximate surface area is 91.0 Å². The van der Waals surface area contributed by atoms with Crippen LogP contribution in [0.5, 0.6) is 0 Å². The minimum Gasteiger partial charge on any atom is -0.243 e. The second kappa shape index (κ2) is 3.82. The third-order valence-electron chi connectivity index (χ3n) is 2.13. The fourth-order valence-corrected chi connectivity index (χ4v) is 2.19. The molecule has 0 unspecified atom stereocenters. The van der Waals surface area contributed by atoms with Gasteiger partial charge in [0.2, 0.25) is 0 Å². The Kier molecular flexibility index (Phi) is 2.69. The van der Waals surface area contributed by atoms with Gasteiger partial charge < -0.3 is 0 Å². The van der Waals surface area contributed by atoms with Gasteiger partial charge in [0.1, 0.15) is 11.0 Å². The summed E-state index contributed by atoms with van der Waals surface area (Å²) in [5, 5.41) is 7.79. The highest BCUT2D eigenvalue weighted by molar-refractivity contribution is 8.68. The van der Waals surface area contributed by atoms with Gasteiger partial charge in [-0.2, -0.15) is 0 Å². The molecule has 1 aromatic heterocycles. The number of thiol groups is 1. The molecule has 74 valence electrons. The molecule has 0 amide bonds. The van der Waals surface area contributed by atoms with Gasteiger partial charge in [-0.15, -0.1) is 11.7 Å². The largest absolute Gasteiger partial charge is 0.243 e. The summed E-state index contributed by atoms with van der Waals surface area (Å²) in [6, 6.07) is 4.05. The summed E-state index contributed by atoms with van der Waals surface area (Å²) in [5.74, 6) is 0.420. The Morgan fingerprint density at radius 3 is 2.64 bits per heavy atom. The number of nitrogens with zero attached hydrogens (tertiary/aromatic N) is 2. The first kappa shape index (κ1) is 9.86. The van der Waals surface area contributed by atoms with Crippen molar-refractivity contribution in [2.75, 3.05) is 0 Å². The molecule has 0 aliphatic heterocycles. The van der Waals surface area contributed by atoms with Crippen LogP contribution in [0.2, 0.25) is 0 Å². The molecule has 0 saturated heterocycles. The van der Waals surface area contributed by atoms with E-state index in [1.54, 1.807) is 0 Å². The van der Waals surface area contributed by atoms with Gasteiger partial charge in [-0.05, 0) is 27.9 Å². The molecule has 0 bridgehead atoms. The molecule has 0 fully saturated rings. The number of rotatable bonds is 2. The van der Waals surface area contributed by atoms with E-state index in [-0.39, 0.29) is 0 Å². The van der Waals surface area contributed by atoms with Gasteiger partial charge in [0, 0.05) is 4.90 Å². The van der Waals surface area contributed by atoms with Crippen molar-refractivity contribution in [2.24, 2.45) is 0 Å². The van der Waals surface area contributed by atoms with Gasteiger partial charge in [-0.1, -0.05) is 30.7 Å². The fraction of sp³-hybridized carbons (Fsp3) is 0.333. The topological polar surface area (TPSA) is 38.9 Å². The first-order valence-corrected chi connectivity index (χ1v) is 6.17. The average Bonchev–Trinajstić information content (AvgIpc) is 2.64.